The number of halogens is 6. The maximum Gasteiger partial charge on any atom is 0.416 e. The number of carbonyl (C=O) groups is 1. The minimum atomic E-state index is -4.93. The van der Waals surface area contributed by atoms with E-state index in [0.29, 0.717) is 30.9 Å². The highest BCUT2D eigenvalue weighted by Crippen LogP contribution is 2.36. The van der Waals surface area contributed by atoms with E-state index >= 15 is 0 Å². The highest BCUT2D eigenvalue weighted by Gasteiger charge is 2.37. The number of rotatable bonds is 8. The summed E-state index contributed by atoms with van der Waals surface area (Å²) < 4.78 is 83.8. The molecule has 1 fully saturated rings. The van der Waals surface area contributed by atoms with E-state index in [1.54, 1.807) is 17.0 Å². The smallest absolute Gasteiger partial charge is 0.416 e. The highest BCUT2D eigenvalue weighted by molar-refractivity contribution is 5.89. The van der Waals surface area contributed by atoms with Crippen molar-refractivity contribution in [2.45, 2.75) is 31.8 Å². The normalized spacial score (nSPS) is 14.7. The standard InChI is InChI=1S/C29H29F6N3O2/c30-28(31,32)23-17-22(18-24(19-23)29(33,34)35)20-40-26-10-8-25(9-11-26)36-27(39)38-15-13-37(14-16-38)12-4-7-21-5-2-1-3-6-21/h1-3,5-6,8-11,17-19H,4,7,12-16,20H2,(H,36,39). The van der Waals surface area contributed by atoms with Gasteiger partial charge in [0, 0.05) is 31.9 Å². The minimum Gasteiger partial charge on any atom is -0.489 e. The molecule has 3 aromatic carbocycles. The molecule has 0 bridgehead atoms. The molecule has 1 heterocycles. The zero-order valence-electron chi connectivity index (χ0n) is 21.6. The van der Waals surface area contributed by atoms with Crippen LogP contribution in [0.5, 0.6) is 5.75 Å². The number of nitrogens with zero attached hydrogens (tertiary/aromatic N) is 2. The maximum absolute atomic E-state index is 13.1. The zero-order chi connectivity index (χ0) is 28.8. The second-order valence-corrected chi connectivity index (χ2v) is 9.58. The Morgan fingerprint density at radius 2 is 1.38 bits per heavy atom. The molecule has 11 heteroatoms. The van der Waals surface area contributed by atoms with E-state index in [-0.39, 0.29) is 23.4 Å². The molecule has 3 aromatic rings. The number of ether oxygens (including phenoxy) is 1. The molecule has 4 rings (SSSR count). The molecule has 2 amide bonds. The van der Waals surface area contributed by atoms with Gasteiger partial charge in [0.1, 0.15) is 12.4 Å². The average Bonchev–Trinajstić information content (AvgIpc) is 2.92. The van der Waals surface area contributed by atoms with Gasteiger partial charge in [0.05, 0.1) is 11.1 Å². The molecular formula is C29H29F6N3O2. The van der Waals surface area contributed by atoms with Gasteiger partial charge in [-0.25, -0.2) is 4.79 Å². The summed E-state index contributed by atoms with van der Waals surface area (Å²) in [7, 11) is 0. The van der Waals surface area contributed by atoms with E-state index in [0.717, 1.165) is 32.5 Å². The van der Waals surface area contributed by atoms with Crippen LogP contribution in [0.2, 0.25) is 0 Å². The molecule has 1 aliphatic heterocycles. The monoisotopic (exact) mass is 565 g/mol. The summed E-state index contributed by atoms with van der Waals surface area (Å²) in [6.45, 7) is 3.21. The Morgan fingerprint density at radius 1 is 0.775 bits per heavy atom. The van der Waals surface area contributed by atoms with Crippen LogP contribution in [-0.2, 0) is 25.4 Å². The van der Waals surface area contributed by atoms with Crippen molar-refractivity contribution < 1.29 is 35.9 Å². The van der Waals surface area contributed by atoms with E-state index in [2.05, 4.69) is 22.3 Å². The number of urea groups is 1. The van der Waals surface area contributed by atoms with Crippen LogP contribution in [0.1, 0.15) is 28.7 Å². The van der Waals surface area contributed by atoms with E-state index in [1.165, 1.54) is 17.7 Å². The van der Waals surface area contributed by atoms with Gasteiger partial charge < -0.3 is 15.0 Å². The van der Waals surface area contributed by atoms with Gasteiger partial charge in [0.15, 0.2) is 0 Å². The number of amides is 2. The lowest BCUT2D eigenvalue weighted by Crippen LogP contribution is -2.50. The lowest BCUT2D eigenvalue weighted by atomic mass is 10.1. The second-order valence-electron chi connectivity index (χ2n) is 9.58. The van der Waals surface area contributed by atoms with Crippen LogP contribution in [-0.4, -0.2) is 48.6 Å². The van der Waals surface area contributed by atoms with Gasteiger partial charge in [-0.15, -0.1) is 0 Å². The molecule has 1 aliphatic rings. The molecule has 40 heavy (non-hydrogen) atoms. The van der Waals surface area contributed by atoms with Crippen LogP contribution in [0.25, 0.3) is 0 Å². The van der Waals surface area contributed by atoms with Gasteiger partial charge in [-0.1, -0.05) is 30.3 Å². The molecule has 0 aliphatic carbocycles. The number of piperazine rings is 1. The van der Waals surface area contributed by atoms with E-state index in [9.17, 15) is 31.1 Å². The highest BCUT2D eigenvalue weighted by atomic mass is 19.4. The molecule has 0 aromatic heterocycles. The number of hydrogen-bond donors (Lipinski definition) is 1. The molecule has 0 unspecified atom stereocenters. The number of hydrogen-bond acceptors (Lipinski definition) is 3. The fraction of sp³-hybridized carbons (Fsp3) is 0.345. The van der Waals surface area contributed by atoms with Gasteiger partial charge in [0.2, 0.25) is 0 Å². The summed E-state index contributed by atoms with van der Waals surface area (Å²) >= 11 is 0. The van der Waals surface area contributed by atoms with Crippen molar-refractivity contribution in [1.29, 1.82) is 0 Å². The third-order valence-electron chi connectivity index (χ3n) is 6.60. The van der Waals surface area contributed by atoms with Crippen molar-refractivity contribution in [1.82, 2.24) is 9.80 Å². The number of carbonyl (C=O) groups excluding carboxylic acids is 1. The first-order valence-corrected chi connectivity index (χ1v) is 12.8. The van der Waals surface area contributed by atoms with Crippen molar-refractivity contribution >= 4 is 11.7 Å². The van der Waals surface area contributed by atoms with Gasteiger partial charge in [0.25, 0.3) is 0 Å². The zero-order valence-corrected chi connectivity index (χ0v) is 21.6. The average molecular weight is 566 g/mol. The number of benzene rings is 3. The van der Waals surface area contributed by atoms with Crippen LogP contribution in [0, 0.1) is 0 Å². The van der Waals surface area contributed by atoms with Crippen LogP contribution in [0.15, 0.2) is 72.8 Å². The van der Waals surface area contributed by atoms with E-state index in [4.69, 9.17) is 4.74 Å². The van der Waals surface area contributed by atoms with Gasteiger partial charge >= 0.3 is 18.4 Å². The number of anilines is 1. The fourth-order valence-corrected chi connectivity index (χ4v) is 4.43. The molecule has 1 saturated heterocycles. The van der Waals surface area contributed by atoms with Crippen LogP contribution < -0.4 is 10.1 Å². The van der Waals surface area contributed by atoms with Crippen LogP contribution in [0.4, 0.5) is 36.8 Å². The quantitative estimate of drug-likeness (QED) is 0.297. The Morgan fingerprint density at radius 3 is 1.95 bits per heavy atom. The Kier molecular flexibility index (Phi) is 9.24. The van der Waals surface area contributed by atoms with Gasteiger partial charge in [-0.05, 0) is 73.0 Å². The first-order valence-electron chi connectivity index (χ1n) is 12.8. The topological polar surface area (TPSA) is 44.8 Å². The SMILES string of the molecule is O=C(Nc1ccc(OCc2cc(C(F)(F)F)cc(C(F)(F)F)c2)cc1)N1CCN(CCCc2ccccc2)CC1. The molecule has 0 spiro atoms. The maximum atomic E-state index is 13.1. The lowest BCUT2D eigenvalue weighted by Gasteiger charge is -2.34. The molecule has 5 nitrogen and oxygen atoms in total. The Balaban J connectivity index is 1.24. The summed E-state index contributed by atoms with van der Waals surface area (Å²) in [4.78, 5) is 16.7. The van der Waals surface area contributed by atoms with Gasteiger partial charge in [-0.3, -0.25) is 4.90 Å². The van der Waals surface area contributed by atoms with Crippen molar-refractivity contribution in [2.75, 3.05) is 38.0 Å². The van der Waals surface area contributed by atoms with Crippen LogP contribution >= 0.6 is 0 Å². The third kappa shape index (κ3) is 8.38. The summed E-state index contributed by atoms with van der Waals surface area (Å²) in [5, 5.41) is 2.80. The van der Waals surface area contributed by atoms with Crippen molar-refractivity contribution in [3.05, 3.63) is 95.1 Å². The predicted octanol–water partition coefficient (Wildman–Crippen LogP) is 7.09. The molecule has 0 saturated carbocycles. The summed E-state index contributed by atoms with van der Waals surface area (Å²) in [5.41, 5.74) is -1.26. The first-order chi connectivity index (χ1) is 19.0. The lowest BCUT2D eigenvalue weighted by molar-refractivity contribution is -0.143. The van der Waals surface area contributed by atoms with E-state index < -0.39 is 30.1 Å². The summed E-state index contributed by atoms with van der Waals surface area (Å²) in [5.74, 6) is 0.230. The Bertz CT molecular complexity index is 1220. The summed E-state index contributed by atoms with van der Waals surface area (Å²) in [6.07, 6.45) is -7.80. The minimum absolute atomic E-state index is 0.0763. The number of nitrogens with one attached hydrogen (secondary N) is 1. The van der Waals surface area contributed by atoms with Crippen LogP contribution in [0.3, 0.4) is 0 Å². The molecule has 0 radical (unpaired) electrons. The molecular weight excluding hydrogens is 536 g/mol. The first kappa shape index (κ1) is 29.3. The number of aryl methyl sites for hydroxylation is 1. The number of alkyl halides is 6. The molecule has 1 N–H and O–H groups in total. The van der Waals surface area contributed by atoms with Gasteiger partial charge in [-0.2, -0.15) is 26.3 Å². The van der Waals surface area contributed by atoms with E-state index in [1.807, 2.05) is 18.2 Å². The predicted molar refractivity (Wildman–Crippen MR) is 139 cm³/mol. The third-order valence-corrected chi connectivity index (χ3v) is 6.60. The second kappa shape index (κ2) is 12.6. The Labute approximate surface area is 228 Å². The molecule has 0 atom stereocenters. The molecule has 214 valence electrons. The van der Waals surface area contributed by atoms with Crippen molar-refractivity contribution in [3.63, 3.8) is 0 Å². The largest absolute Gasteiger partial charge is 0.489 e. The fourth-order valence-electron chi connectivity index (χ4n) is 4.43. The van der Waals surface area contributed by atoms with Crippen molar-refractivity contribution in [2.24, 2.45) is 0 Å². The van der Waals surface area contributed by atoms with Crippen molar-refractivity contribution in [3.8, 4) is 5.75 Å². The summed E-state index contributed by atoms with van der Waals surface area (Å²) in [6, 6.07) is 17.5. The Hall–Kier alpha value is -3.73.